The fourth-order valence-corrected chi connectivity index (χ4v) is 1.00. The summed E-state index contributed by atoms with van der Waals surface area (Å²) in [5.41, 5.74) is 0.582. The lowest BCUT2D eigenvalue weighted by Crippen LogP contribution is -2.15. The number of carbonyl (C=O) groups is 1. The van der Waals surface area contributed by atoms with Gasteiger partial charge < -0.3 is 9.84 Å². The zero-order valence-corrected chi connectivity index (χ0v) is 9.14. The third-order valence-corrected chi connectivity index (χ3v) is 1.85. The van der Waals surface area contributed by atoms with Gasteiger partial charge in [-0.3, -0.25) is 5.32 Å². The first kappa shape index (κ1) is 12.4. The number of aliphatic hydroxyl groups is 1. The van der Waals surface area contributed by atoms with Gasteiger partial charge in [0.15, 0.2) is 5.82 Å². The number of anilines is 1. The number of hydrogen-bond donors (Lipinski definition) is 2. The van der Waals surface area contributed by atoms with Crippen molar-refractivity contribution in [3.05, 3.63) is 17.8 Å². The second-order valence-corrected chi connectivity index (χ2v) is 3.22. The van der Waals surface area contributed by atoms with Gasteiger partial charge in [-0.05, 0) is 12.5 Å². The Morgan fingerprint density at radius 3 is 3.12 bits per heavy atom. The van der Waals surface area contributed by atoms with Gasteiger partial charge in [0.1, 0.15) is 0 Å². The molecule has 2 N–H and O–H groups in total. The molecule has 16 heavy (non-hydrogen) atoms. The molecule has 88 valence electrons. The van der Waals surface area contributed by atoms with Crippen molar-refractivity contribution in [3.63, 3.8) is 0 Å². The number of hydrogen-bond acceptors (Lipinski definition) is 5. The fraction of sp³-hybridized carbons (Fsp3) is 0.500. The molecule has 6 heteroatoms. The van der Waals surface area contributed by atoms with E-state index in [1.807, 2.05) is 6.92 Å². The minimum atomic E-state index is -0.558. The first-order chi connectivity index (χ1) is 7.76. The average Bonchev–Trinajstić information content (AvgIpc) is 2.29. The molecule has 1 heterocycles. The monoisotopic (exact) mass is 225 g/mol. The maximum absolute atomic E-state index is 11.2. The van der Waals surface area contributed by atoms with E-state index in [1.165, 1.54) is 12.3 Å². The fourth-order valence-electron chi connectivity index (χ4n) is 1.00. The maximum Gasteiger partial charge on any atom is 0.412 e. The van der Waals surface area contributed by atoms with Gasteiger partial charge in [-0.25, -0.2) is 4.79 Å². The Hall–Kier alpha value is -1.69. The number of nitrogens with one attached hydrogen (secondary N) is 1. The van der Waals surface area contributed by atoms with E-state index < -0.39 is 6.09 Å². The van der Waals surface area contributed by atoms with Crippen molar-refractivity contribution >= 4 is 11.9 Å². The Balaban J connectivity index is 2.43. The van der Waals surface area contributed by atoms with Crippen LogP contribution >= 0.6 is 0 Å². The lowest BCUT2D eigenvalue weighted by atomic mass is 10.3. The van der Waals surface area contributed by atoms with Crippen LogP contribution in [0.25, 0.3) is 0 Å². The molecule has 6 nitrogen and oxygen atoms in total. The molecule has 1 aromatic heterocycles. The standard InChI is InChI=1S/C10H15N3O3/c1-2-3-4-16-10(15)12-9-5-8(7-14)6-11-13-9/h5-6,14H,2-4,7H2,1H3,(H,12,13,15). The van der Waals surface area contributed by atoms with Crippen LogP contribution in [0.15, 0.2) is 12.3 Å². The molecule has 0 bridgehead atoms. The third-order valence-electron chi connectivity index (χ3n) is 1.85. The summed E-state index contributed by atoms with van der Waals surface area (Å²) in [7, 11) is 0. The Labute approximate surface area is 93.6 Å². The van der Waals surface area contributed by atoms with E-state index in [4.69, 9.17) is 9.84 Å². The maximum atomic E-state index is 11.2. The predicted octanol–water partition coefficient (Wildman–Crippen LogP) is 1.32. The summed E-state index contributed by atoms with van der Waals surface area (Å²) < 4.78 is 4.88. The molecule has 0 radical (unpaired) electrons. The highest BCUT2D eigenvalue weighted by molar-refractivity contribution is 5.83. The smallest absolute Gasteiger partial charge is 0.412 e. The summed E-state index contributed by atoms with van der Waals surface area (Å²) in [6.45, 7) is 2.25. The van der Waals surface area contributed by atoms with Crippen molar-refractivity contribution in [2.75, 3.05) is 11.9 Å². The van der Waals surface area contributed by atoms with Crippen LogP contribution in [-0.4, -0.2) is 28.0 Å². The largest absolute Gasteiger partial charge is 0.449 e. The molecule has 0 aliphatic rings. The van der Waals surface area contributed by atoms with Gasteiger partial charge in [-0.15, -0.1) is 5.10 Å². The van der Waals surface area contributed by atoms with Crippen molar-refractivity contribution in [2.24, 2.45) is 0 Å². The molecule has 0 spiro atoms. The molecule has 0 fully saturated rings. The molecule has 0 aliphatic heterocycles. The van der Waals surface area contributed by atoms with E-state index in [9.17, 15) is 4.79 Å². The van der Waals surface area contributed by atoms with Gasteiger partial charge in [0, 0.05) is 5.56 Å². The van der Waals surface area contributed by atoms with Crippen LogP contribution in [0.2, 0.25) is 0 Å². The molecule has 0 saturated heterocycles. The van der Waals surface area contributed by atoms with E-state index in [-0.39, 0.29) is 12.4 Å². The van der Waals surface area contributed by atoms with Crippen LogP contribution in [0.1, 0.15) is 25.3 Å². The Bertz CT molecular complexity index is 344. The highest BCUT2D eigenvalue weighted by atomic mass is 16.5. The van der Waals surface area contributed by atoms with Crippen LogP contribution in [0.4, 0.5) is 10.6 Å². The van der Waals surface area contributed by atoms with Crippen LogP contribution in [-0.2, 0) is 11.3 Å². The zero-order chi connectivity index (χ0) is 11.8. The van der Waals surface area contributed by atoms with Gasteiger partial charge in [-0.2, -0.15) is 5.10 Å². The lowest BCUT2D eigenvalue weighted by Gasteiger charge is -2.05. The van der Waals surface area contributed by atoms with Gasteiger partial charge in [0.25, 0.3) is 0 Å². The minimum Gasteiger partial charge on any atom is -0.449 e. The molecule has 0 saturated carbocycles. The molecule has 1 aromatic rings. The number of carbonyl (C=O) groups excluding carboxylic acids is 1. The van der Waals surface area contributed by atoms with Crippen molar-refractivity contribution in [3.8, 4) is 0 Å². The molecular weight excluding hydrogens is 210 g/mol. The zero-order valence-electron chi connectivity index (χ0n) is 9.14. The van der Waals surface area contributed by atoms with Crippen molar-refractivity contribution in [1.82, 2.24) is 10.2 Å². The van der Waals surface area contributed by atoms with Crippen LogP contribution in [0.5, 0.6) is 0 Å². The summed E-state index contributed by atoms with van der Waals surface area (Å²) in [4.78, 5) is 11.2. The van der Waals surface area contributed by atoms with Crippen molar-refractivity contribution in [2.45, 2.75) is 26.4 Å². The summed E-state index contributed by atoms with van der Waals surface area (Å²) in [5.74, 6) is 0.271. The van der Waals surface area contributed by atoms with E-state index in [2.05, 4.69) is 15.5 Å². The normalized spacial score (nSPS) is 9.88. The number of nitrogens with zero attached hydrogens (tertiary/aromatic N) is 2. The summed E-state index contributed by atoms with van der Waals surface area (Å²) in [6.07, 6.45) is 2.66. The number of rotatable bonds is 5. The van der Waals surface area contributed by atoms with E-state index >= 15 is 0 Å². The topological polar surface area (TPSA) is 84.3 Å². The van der Waals surface area contributed by atoms with Gasteiger partial charge in [0.05, 0.1) is 19.4 Å². The quantitative estimate of drug-likeness (QED) is 0.738. The highest BCUT2D eigenvalue weighted by Crippen LogP contribution is 2.05. The molecule has 0 unspecified atom stereocenters. The van der Waals surface area contributed by atoms with Gasteiger partial charge in [0.2, 0.25) is 0 Å². The van der Waals surface area contributed by atoms with Crippen LogP contribution in [0.3, 0.4) is 0 Å². The molecule has 0 aromatic carbocycles. The van der Waals surface area contributed by atoms with E-state index in [1.54, 1.807) is 0 Å². The van der Waals surface area contributed by atoms with Gasteiger partial charge >= 0.3 is 6.09 Å². The highest BCUT2D eigenvalue weighted by Gasteiger charge is 2.04. The summed E-state index contributed by atoms with van der Waals surface area (Å²) in [6, 6.07) is 1.54. The molecule has 0 aliphatic carbocycles. The molecule has 1 amide bonds. The average molecular weight is 225 g/mol. The Morgan fingerprint density at radius 1 is 1.62 bits per heavy atom. The first-order valence-electron chi connectivity index (χ1n) is 5.12. The molecule has 1 rings (SSSR count). The van der Waals surface area contributed by atoms with Gasteiger partial charge in [-0.1, -0.05) is 13.3 Å². The molecular formula is C10H15N3O3. The Kier molecular flexibility index (Phi) is 5.21. The number of unbranched alkanes of at least 4 members (excludes halogenated alkanes) is 1. The van der Waals surface area contributed by atoms with Crippen molar-refractivity contribution in [1.29, 1.82) is 0 Å². The summed E-state index contributed by atoms with van der Waals surface area (Å²) >= 11 is 0. The number of aliphatic hydroxyl groups excluding tert-OH is 1. The second-order valence-electron chi connectivity index (χ2n) is 3.22. The van der Waals surface area contributed by atoms with Crippen molar-refractivity contribution < 1.29 is 14.6 Å². The SMILES string of the molecule is CCCCOC(=O)Nc1cc(CO)cnn1. The molecule has 0 atom stereocenters. The first-order valence-corrected chi connectivity index (χ1v) is 5.12. The van der Waals surface area contributed by atoms with Crippen LogP contribution < -0.4 is 5.32 Å². The third kappa shape index (κ3) is 4.22. The van der Waals surface area contributed by atoms with E-state index in [0.717, 1.165) is 12.8 Å². The second kappa shape index (κ2) is 6.73. The predicted molar refractivity (Wildman–Crippen MR) is 57.8 cm³/mol. The number of amides is 1. The Morgan fingerprint density at radius 2 is 2.44 bits per heavy atom. The number of aromatic nitrogens is 2. The minimum absolute atomic E-state index is 0.144. The number of ether oxygens (including phenoxy) is 1. The summed E-state index contributed by atoms with van der Waals surface area (Å²) in [5, 5.41) is 18.6. The van der Waals surface area contributed by atoms with Crippen LogP contribution in [0, 0.1) is 0 Å². The van der Waals surface area contributed by atoms with E-state index in [0.29, 0.717) is 12.2 Å². The lowest BCUT2D eigenvalue weighted by molar-refractivity contribution is 0.159.